The number of aromatic nitrogens is 2. The molecule has 1 amide bonds. The van der Waals surface area contributed by atoms with Crippen LogP contribution in [0.15, 0.2) is 62.0 Å². The lowest BCUT2D eigenvalue weighted by molar-refractivity contribution is -0.121. The minimum absolute atomic E-state index is 0.0133. The lowest BCUT2D eigenvalue weighted by Gasteiger charge is -2.30. The summed E-state index contributed by atoms with van der Waals surface area (Å²) in [5, 5.41) is 7.10. The highest BCUT2D eigenvalue weighted by Crippen LogP contribution is 2.25. The fraction of sp³-hybridized carbons (Fsp3) is 0.286. The van der Waals surface area contributed by atoms with Gasteiger partial charge in [-0.2, -0.15) is 4.98 Å². The molecule has 0 spiro atoms. The van der Waals surface area contributed by atoms with E-state index in [4.69, 9.17) is 4.52 Å². The lowest BCUT2D eigenvalue weighted by atomic mass is 9.96. The smallest absolute Gasteiger partial charge is 0.241 e. The highest BCUT2D eigenvalue weighted by atomic mass is 79.9. The van der Waals surface area contributed by atoms with Crippen molar-refractivity contribution in [2.45, 2.75) is 19.4 Å². The molecule has 1 aliphatic rings. The number of benzene rings is 2. The fourth-order valence-electron chi connectivity index (χ4n) is 3.38. The highest BCUT2D eigenvalue weighted by molar-refractivity contribution is 9.10. The molecule has 1 aromatic heterocycles. The van der Waals surface area contributed by atoms with E-state index in [9.17, 15) is 4.79 Å². The Kier molecular flexibility index (Phi) is 6.42. The lowest BCUT2D eigenvalue weighted by Crippen LogP contribution is -2.37. The summed E-state index contributed by atoms with van der Waals surface area (Å²) < 4.78 is 7.32. The predicted molar refractivity (Wildman–Crippen MR) is 118 cm³/mol. The van der Waals surface area contributed by atoms with Gasteiger partial charge in [0.05, 0.1) is 12.2 Å². The number of rotatable bonds is 5. The van der Waals surface area contributed by atoms with E-state index in [-0.39, 0.29) is 11.8 Å². The number of carbonyl (C=O) groups excluding carboxylic acids is 1. The topological polar surface area (TPSA) is 71.3 Å². The molecule has 1 N–H and O–H groups in total. The second-order valence-electron chi connectivity index (χ2n) is 7.04. The summed E-state index contributed by atoms with van der Waals surface area (Å²) in [6, 6.07) is 15.5. The van der Waals surface area contributed by atoms with Crippen molar-refractivity contribution in [2.24, 2.45) is 5.92 Å². The molecule has 0 bridgehead atoms. The largest absolute Gasteiger partial charge is 0.338 e. The van der Waals surface area contributed by atoms with Gasteiger partial charge in [0.2, 0.25) is 17.6 Å². The van der Waals surface area contributed by atoms with Crippen molar-refractivity contribution in [3.63, 3.8) is 0 Å². The third-order valence-corrected chi connectivity index (χ3v) is 6.24. The molecule has 6 nitrogen and oxygen atoms in total. The molecule has 1 aliphatic heterocycles. The zero-order chi connectivity index (χ0) is 20.2. The molecular weight excluding hydrogens is 500 g/mol. The molecule has 0 unspecified atom stereocenters. The number of hydrogen-bond donors (Lipinski definition) is 1. The first kappa shape index (κ1) is 20.3. The average Bonchev–Trinajstić information content (AvgIpc) is 3.19. The van der Waals surface area contributed by atoms with Crippen LogP contribution in [-0.2, 0) is 11.3 Å². The van der Waals surface area contributed by atoms with Crippen LogP contribution >= 0.6 is 31.9 Å². The van der Waals surface area contributed by atoms with Crippen molar-refractivity contribution in [2.75, 3.05) is 18.4 Å². The first-order valence-electron chi connectivity index (χ1n) is 9.45. The van der Waals surface area contributed by atoms with Crippen molar-refractivity contribution in [1.29, 1.82) is 0 Å². The zero-order valence-corrected chi connectivity index (χ0v) is 18.8. The van der Waals surface area contributed by atoms with Gasteiger partial charge in [-0.1, -0.05) is 33.2 Å². The van der Waals surface area contributed by atoms with E-state index in [1.165, 1.54) is 0 Å². The summed E-state index contributed by atoms with van der Waals surface area (Å²) in [5.41, 5.74) is 1.73. The Morgan fingerprint density at radius 2 is 1.83 bits per heavy atom. The van der Waals surface area contributed by atoms with Gasteiger partial charge >= 0.3 is 0 Å². The SMILES string of the molecule is O=C(Nc1ccccc1Br)C1CCN(Cc2nc(-c3ccc(Br)cc3)no2)CC1. The molecule has 2 heterocycles. The number of carbonyl (C=O) groups is 1. The normalized spacial score (nSPS) is 15.4. The molecule has 0 atom stereocenters. The van der Waals surface area contributed by atoms with Gasteiger partial charge < -0.3 is 9.84 Å². The van der Waals surface area contributed by atoms with Gasteiger partial charge in [-0.05, 0) is 78.3 Å². The quantitative estimate of drug-likeness (QED) is 0.507. The molecule has 3 aromatic rings. The molecule has 0 aliphatic carbocycles. The minimum atomic E-state index is 0.0133. The van der Waals surface area contributed by atoms with E-state index < -0.39 is 0 Å². The van der Waals surface area contributed by atoms with Crippen LogP contribution in [0.4, 0.5) is 5.69 Å². The van der Waals surface area contributed by atoms with E-state index in [0.717, 1.165) is 46.1 Å². The Balaban J connectivity index is 1.29. The summed E-state index contributed by atoms with van der Waals surface area (Å²) in [6.07, 6.45) is 1.62. The van der Waals surface area contributed by atoms with Crippen LogP contribution in [0.5, 0.6) is 0 Å². The zero-order valence-electron chi connectivity index (χ0n) is 15.6. The van der Waals surface area contributed by atoms with Crippen molar-refractivity contribution in [3.8, 4) is 11.4 Å². The summed E-state index contributed by atoms with van der Waals surface area (Å²) in [5.74, 6) is 1.28. The van der Waals surface area contributed by atoms with Crippen LogP contribution in [0.25, 0.3) is 11.4 Å². The molecule has 8 heteroatoms. The molecule has 1 fully saturated rings. The first-order chi connectivity index (χ1) is 14.1. The fourth-order valence-corrected chi connectivity index (χ4v) is 4.03. The van der Waals surface area contributed by atoms with Crippen LogP contribution < -0.4 is 5.32 Å². The van der Waals surface area contributed by atoms with Gasteiger partial charge in [0, 0.05) is 20.4 Å². The standard InChI is InChI=1S/C21H20Br2N4O2/c22-16-7-5-14(6-8-16)20-25-19(29-26-20)13-27-11-9-15(10-12-27)21(28)24-18-4-2-1-3-17(18)23/h1-8,15H,9-13H2,(H,24,28). The van der Waals surface area contributed by atoms with Crippen molar-refractivity contribution in [1.82, 2.24) is 15.0 Å². The highest BCUT2D eigenvalue weighted by Gasteiger charge is 2.26. The van der Waals surface area contributed by atoms with Crippen LogP contribution in [-0.4, -0.2) is 34.0 Å². The number of halogens is 2. The van der Waals surface area contributed by atoms with Gasteiger partial charge in [0.25, 0.3) is 0 Å². The second kappa shape index (κ2) is 9.19. The molecule has 0 radical (unpaired) electrons. The minimum Gasteiger partial charge on any atom is -0.338 e. The predicted octanol–water partition coefficient (Wildman–Crippen LogP) is 5.11. The number of anilines is 1. The third-order valence-electron chi connectivity index (χ3n) is 5.02. The molecule has 0 saturated carbocycles. The molecule has 1 saturated heterocycles. The number of amides is 1. The van der Waals surface area contributed by atoms with Gasteiger partial charge in [0.15, 0.2) is 0 Å². The Morgan fingerprint density at radius 3 is 2.55 bits per heavy atom. The first-order valence-corrected chi connectivity index (χ1v) is 11.0. The van der Waals surface area contributed by atoms with Crippen molar-refractivity contribution >= 4 is 43.5 Å². The second-order valence-corrected chi connectivity index (χ2v) is 8.81. The Labute approximate surface area is 185 Å². The third kappa shape index (κ3) is 5.12. The Morgan fingerprint density at radius 1 is 1.10 bits per heavy atom. The summed E-state index contributed by atoms with van der Waals surface area (Å²) in [4.78, 5) is 19.3. The van der Waals surface area contributed by atoms with Gasteiger partial charge in [-0.3, -0.25) is 9.69 Å². The molecule has 2 aromatic carbocycles. The number of likely N-dealkylation sites (tertiary alicyclic amines) is 1. The van der Waals surface area contributed by atoms with E-state index in [1.807, 2.05) is 48.5 Å². The van der Waals surface area contributed by atoms with E-state index in [2.05, 4.69) is 52.2 Å². The van der Waals surface area contributed by atoms with E-state index in [1.54, 1.807) is 0 Å². The molecule has 29 heavy (non-hydrogen) atoms. The van der Waals surface area contributed by atoms with Gasteiger partial charge in [-0.15, -0.1) is 0 Å². The van der Waals surface area contributed by atoms with E-state index >= 15 is 0 Å². The maximum absolute atomic E-state index is 12.6. The average molecular weight is 520 g/mol. The maximum atomic E-state index is 12.6. The number of para-hydroxylation sites is 1. The molecule has 150 valence electrons. The Bertz CT molecular complexity index is 982. The van der Waals surface area contributed by atoms with Crippen LogP contribution in [0, 0.1) is 5.92 Å². The van der Waals surface area contributed by atoms with E-state index in [0.29, 0.717) is 18.3 Å². The van der Waals surface area contributed by atoms with Crippen LogP contribution in [0.1, 0.15) is 18.7 Å². The Hall–Kier alpha value is -2.03. The number of hydrogen-bond acceptors (Lipinski definition) is 5. The summed E-state index contributed by atoms with van der Waals surface area (Å²) in [7, 11) is 0. The number of nitrogens with one attached hydrogen (secondary N) is 1. The summed E-state index contributed by atoms with van der Waals surface area (Å²) >= 11 is 6.89. The van der Waals surface area contributed by atoms with Gasteiger partial charge in [0.1, 0.15) is 0 Å². The number of piperidine rings is 1. The van der Waals surface area contributed by atoms with Crippen LogP contribution in [0.2, 0.25) is 0 Å². The van der Waals surface area contributed by atoms with Crippen molar-refractivity contribution < 1.29 is 9.32 Å². The van der Waals surface area contributed by atoms with Gasteiger partial charge in [-0.25, -0.2) is 0 Å². The van der Waals surface area contributed by atoms with Crippen LogP contribution in [0.3, 0.4) is 0 Å². The molecule has 4 rings (SSSR count). The van der Waals surface area contributed by atoms with Crippen molar-refractivity contribution in [3.05, 3.63) is 63.4 Å². The number of nitrogens with zero attached hydrogens (tertiary/aromatic N) is 3. The molecular formula is C21H20Br2N4O2. The monoisotopic (exact) mass is 518 g/mol. The summed E-state index contributed by atoms with van der Waals surface area (Å²) in [6.45, 7) is 2.25. The maximum Gasteiger partial charge on any atom is 0.241 e.